The van der Waals surface area contributed by atoms with Crippen LogP contribution >= 0.6 is 0 Å². The van der Waals surface area contributed by atoms with Gasteiger partial charge in [-0.15, -0.1) is 0 Å². The molecule has 0 amide bonds. The molecule has 0 saturated heterocycles. The average molecular weight is 274 g/mol. The number of hydrogen-bond acceptors (Lipinski definition) is 0. The summed E-state index contributed by atoms with van der Waals surface area (Å²) in [5.74, 6) is 0. The normalized spacial score (nSPS) is 16.0. The lowest BCUT2D eigenvalue weighted by Gasteiger charge is -2.26. The van der Waals surface area contributed by atoms with E-state index in [9.17, 15) is 0 Å². The minimum Gasteiger partial charge on any atom is -0.0984 e. The molecule has 21 heavy (non-hydrogen) atoms. The fourth-order valence-electron chi connectivity index (χ4n) is 3.58. The Morgan fingerprint density at radius 3 is 2.33 bits per heavy atom. The number of hydrogen-bond donors (Lipinski definition) is 0. The van der Waals surface area contributed by atoms with Crippen molar-refractivity contribution in [2.24, 2.45) is 0 Å². The summed E-state index contributed by atoms with van der Waals surface area (Å²) in [6.45, 7) is 13.1. The molecule has 0 heteroatoms. The van der Waals surface area contributed by atoms with Gasteiger partial charge in [-0.1, -0.05) is 74.5 Å². The summed E-state index contributed by atoms with van der Waals surface area (Å²) in [6, 6.07) is 15.4. The lowest BCUT2D eigenvalue weighted by molar-refractivity contribution is 0.703. The first kappa shape index (κ1) is 13.9. The molecule has 0 spiro atoms. The Balaban J connectivity index is 2.36. The van der Waals surface area contributed by atoms with Gasteiger partial charge in [-0.2, -0.15) is 0 Å². The van der Waals surface area contributed by atoms with Gasteiger partial charge in [0, 0.05) is 5.41 Å². The van der Waals surface area contributed by atoms with E-state index in [2.05, 4.69) is 76.7 Å². The zero-order valence-corrected chi connectivity index (χ0v) is 13.3. The predicted octanol–water partition coefficient (Wildman–Crippen LogP) is 5.69. The molecule has 0 nitrogen and oxygen atoms in total. The molecule has 1 aliphatic rings. The third-order valence-corrected chi connectivity index (χ3v) is 4.65. The highest BCUT2D eigenvalue weighted by molar-refractivity contribution is 6.05. The topological polar surface area (TPSA) is 0 Å². The average Bonchev–Trinajstić information content (AvgIpc) is 2.66. The van der Waals surface area contributed by atoms with Gasteiger partial charge in [-0.05, 0) is 47.2 Å². The summed E-state index contributed by atoms with van der Waals surface area (Å²) in [4.78, 5) is 0. The van der Waals surface area contributed by atoms with Gasteiger partial charge in [0.25, 0.3) is 0 Å². The molecule has 0 aromatic heterocycles. The molecule has 0 radical (unpaired) electrons. The lowest BCUT2D eigenvalue weighted by atomic mass is 9.77. The molecule has 0 atom stereocenters. The molecule has 106 valence electrons. The van der Waals surface area contributed by atoms with E-state index in [4.69, 9.17) is 0 Å². The maximum absolute atomic E-state index is 4.08. The van der Waals surface area contributed by atoms with E-state index < -0.39 is 0 Å². The van der Waals surface area contributed by atoms with Crippen LogP contribution in [0, 0.1) is 13.8 Å². The van der Waals surface area contributed by atoms with Crippen molar-refractivity contribution in [2.75, 3.05) is 0 Å². The number of allylic oxidation sites excluding steroid dienone is 3. The zero-order chi connectivity index (χ0) is 15.2. The van der Waals surface area contributed by atoms with Crippen molar-refractivity contribution in [3.05, 3.63) is 82.9 Å². The van der Waals surface area contributed by atoms with E-state index >= 15 is 0 Å². The molecule has 2 aromatic carbocycles. The smallest absolute Gasteiger partial charge is 0.0164 e. The number of fused-ring (bicyclic) bond motifs is 1. The Kier molecular flexibility index (Phi) is 3.13. The van der Waals surface area contributed by atoms with Crippen molar-refractivity contribution < 1.29 is 0 Å². The molecule has 0 heterocycles. The van der Waals surface area contributed by atoms with E-state index in [1.54, 1.807) is 0 Å². The third kappa shape index (κ3) is 1.98. The maximum Gasteiger partial charge on any atom is 0.0164 e. The van der Waals surface area contributed by atoms with Gasteiger partial charge in [0.05, 0.1) is 0 Å². The third-order valence-electron chi connectivity index (χ3n) is 4.65. The minimum atomic E-state index is 0.0126. The summed E-state index contributed by atoms with van der Waals surface area (Å²) in [6.07, 6.45) is 2.02. The van der Waals surface area contributed by atoms with Gasteiger partial charge in [0.1, 0.15) is 0 Å². The predicted molar refractivity (Wildman–Crippen MR) is 92.4 cm³/mol. The highest BCUT2D eigenvalue weighted by Crippen LogP contribution is 2.51. The van der Waals surface area contributed by atoms with Gasteiger partial charge >= 0.3 is 0 Å². The molecular weight excluding hydrogens is 252 g/mol. The summed E-state index contributed by atoms with van der Waals surface area (Å²) in [5, 5.41) is 0. The second-order valence-corrected chi connectivity index (χ2v) is 6.48. The number of rotatable bonds is 2. The second kappa shape index (κ2) is 4.73. The van der Waals surface area contributed by atoms with Crippen molar-refractivity contribution in [1.29, 1.82) is 0 Å². The monoisotopic (exact) mass is 274 g/mol. The van der Waals surface area contributed by atoms with Crippen molar-refractivity contribution in [2.45, 2.75) is 33.1 Å². The largest absolute Gasteiger partial charge is 0.0984 e. The summed E-state index contributed by atoms with van der Waals surface area (Å²) < 4.78 is 0. The molecule has 0 fully saturated rings. The van der Waals surface area contributed by atoms with Crippen molar-refractivity contribution in [3.8, 4) is 0 Å². The van der Waals surface area contributed by atoms with E-state index in [0.29, 0.717) is 0 Å². The van der Waals surface area contributed by atoms with Gasteiger partial charge in [-0.3, -0.25) is 0 Å². The van der Waals surface area contributed by atoms with E-state index in [1.807, 2.05) is 6.08 Å². The van der Waals surface area contributed by atoms with Crippen LogP contribution in [0.25, 0.3) is 11.1 Å². The standard InChI is InChI=1S/C21H22/c1-6-16-18-13-14(2)11-12-19(18)21(4,5)20(16)17-10-8-7-9-15(17)3/h6-13H,1H2,2-5H3. The molecule has 0 bridgehead atoms. The Morgan fingerprint density at radius 2 is 1.67 bits per heavy atom. The van der Waals surface area contributed by atoms with Crippen molar-refractivity contribution in [1.82, 2.24) is 0 Å². The van der Waals surface area contributed by atoms with Crippen LogP contribution in [0.15, 0.2) is 55.1 Å². The molecular formula is C21H22. The van der Waals surface area contributed by atoms with Crippen LogP contribution in [0.3, 0.4) is 0 Å². The minimum absolute atomic E-state index is 0.0126. The second-order valence-electron chi connectivity index (χ2n) is 6.48. The Bertz CT molecular complexity index is 757. The number of benzene rings is 2. The molecule has 3 rings (SSSR count). The lowest BCUT2D eigenvalue weighted by Crippen LogP contribution is -2.17. The Labute approximate surface area is 127 Å². The Hall–Kier alpha value is -2.08. The van der Waals surface area contributed by atoms with Gasteiger partial charge in [0.2, 0.25) is 0 Å². The molecule has 1 aliphatic carbocycles. The maximum atomic E-state index is 4.08. The SMILES string of the molecule is C=CC1=C(c2ccccc2C)C(C)(C)c2ccc(C)cc21. The summed E-state index contributed by atoms with van der Waals surface area (Å²) in [5.41, 5.74) is 9.41. The molecule has 0 N–H and O–H groups in total. The van der Waals surface area contributed by atoms with Crippen LogP contribution in [0.2, 0.25) is 0 Å². The fourth-order valence-corrected chi connectivity index (χ4v) is 3.58. The number of aryl methyl sites for hydroxylation is 2. The van der Waals surface area contributed by atoms with Crippen LogP contribution in [0.1, 0.15) is 41.7 Å². The van der Waals surface area contributed by atoms with Crippen LogP contribution in [0.5, 0.6) is 0 Å². The van der Waals surface area contributed by atoms with Crippen molar-refractivity contribution >= 4 is 11.1 Å². The van der Waals surface area contributed by atoms with E-state index in [1.165, 1.54) is 39.0 Å². The first-order valence-electron chi connectivity index (χ1n) is 7.51. The van der Waals surface area contributed by atoms with E-state index in [0.717, 1.165) is 0 Å². The van der Waals surface area contributed by atoms with Gasteiger partial charge in [-0.25, -0.2) is 0 Å². The fraction of sp³-hybridized carbons (Fsp3) is 0.238. The molecule has 2 aromatic rings. The molecule has 0 saturated carbocycles. The van der Waals surface area contributed by atoms with Crippen LogP contribution in [-0.4, -0.2) is 0 Å². The summed E-state index contributed by atoms with van der Waals surface area (Å²) in [7, 11) is 0. The quantitative estimate of drug-likeness (QED) is 0.659. The molecule has 0 aliphatic heterocycles. The van der Waals surface area contributed by atoms with Crippen LogP contribution in [-0.2, 0) is 5.41 Å². The first-order valence-corrected chi connectivity index (χ1v) is 7.51. The molecule has 0 unspecified atom stereocenters. The van der Waals surface area contributed by atoms with Crippen LogP contribution in [0.4, 0.5) is 0 Å². The first-order chi connectivity index (χ1) is 9.96. The van der Waals surface area contributed by atoms with Gasteiger partial charge in [0.15, 0.2) is 0 Å². The van der Waals surface area contributed by atoms with Crippen molar-refractivity contribution in [3.63, 3.8) is 0 Å². The Morgan fingerprint density at radius 1 is 0.952 bits per heavy atom. The summed E-state index contributed by atoms with van der Waals surface area (Å²) >= 11 is 0. The highest BCUT2D eigenvalue weighted by atomic mass is 14.4. The van der Waals surface area contributed by atoms with E-state index in [-0.39, 0.29) is 5.41 Å². The van der Waals surface area contributed by atoms with Crippen LogP contribution < -0.4 is 0 Å². The zero-order valence-electron chi connectivity index (χ0n) is 13.3. The highest BCUT2D eigenvalue weighted by Gasteiger charge is 2.37. The van der Waals surface area contributed by atoms with Gasteiger partial charge < -0.3 is 0 Å².